The van der Waals surface area contributed by atoms with Crippen molar-refractivity contribution in [1.82, 2.24) is 30.5 Å². The molecule has 0 radical (unpaired) electrons. The molecule has 13 nitrogen and oxygen atoms in total. The van der Waals surface area contributed by atoms with E-state index in [1.165, 1.54) is 17.4 Å². The molecule has 0 saturated carbocycles. The molecule has 1 aliphatic heterocycles. The maximum atomic E-state index is 13.5. The molecular formula is C28H38N8O5. The minimum Gasteiger partial charge on any atom is -0.480 e. The molecule has 0 aliphatic carbocycles. The van der Waals surface area contributed by atoms with Crippen LogP contribution in [0.2, 0.25) is 0 Å². The number of amides is 3. The third kappa shape index (κ3) is 7.50. The molecule has 1 saturated heterocycles. The molecule has 220 valence electrons. The first kappa shape index (κ1) is 29.7. The summed E-state index contributed by atoms with van der Waals surface area (Å²) in [6, 6.07) is 3.89. The van der Waals surface area contributed by atoms with E-state index < -0.39 is 42.0 Å². The number of nitrogens with zero attached hydrogens (tertiary/aromatic N) is 2. The second kappa shape index (κ2) is 13.9. The number of aliphatic carboxylic acids is 1. The number of carbonyl (C=O) groups excluding carboxylic acids is 3. The van der Waals surface area contributed by atoms with Crippen LogP contribution >= 0.6 is 0 Å². The number of imidazole rings is 1. The fourth-order valence-corrected chi connectivity index (χ4v) is 5.26. The Morgan fingerprint density at radius 1 is 1.10 bits per heavy atom. The number of carboxylic acids is 1. The standard InChI is InChI=1S/C28H38N8O5/c29-10-4-3-8-22(28(40)41)34-25(37)23(13-18-15-31-16-33-18)35-26(38)24-9-5-11-36(24)27(39)20(30)12-17-14-32-21-7-2-1-6-19(17)21/h1-2,6-7,14-16,20,22-24,32H,3-5,8-13,29-30H2,(H,31,33)(H,34,37)(H,35,38)(H,40,41). The van der Waals surface area contributed by atoms with Crippen LogP contribution in [0.25, 0.3) is 10.9 Å². The molecule has 2 aromatic heterocycles. The zero-order chi connectivity index (χ0) is 29.4. The summed E-state index contributed by atoms with van der Waals surface area (Å²) in [7, 11) is 0. The van der Waals surface area contributed by atoms with E-state index in [0.29, 0.717) is 50.9 Å². The van der Waals surface area contributed by atoms with Gasteiger partial charge in [-0.1, -0.05) is 18.2 Å². The largest absolute Gasteiger partial charge is 0.480 e. The van der Waals surface area contributed by atoms with Crippen molar-refractivity contribution < 1.29 is 24.3 Å². The highest BCUT2D eigenvalue weighted by atomic mass is 16.4. The van der Waals surface area contributed by atoms with Gasteiger partial charge < -0.3 is 42.1 Å². The Balaban J connectivity index is 1.43. The molecule has 3 aromatic rings. The molecule has 1 fully saturated rings. The zero-order valence-electron chi connectivity index (χ0n) is 22.8. The van der Waals surface area contributed by atoms with Crippen LogP contribution in [-0.4, -0.2) is 85.9 Å². The zero-order valence-corrected chi connectivity index (χ0v) is 22.8. The van der Waals surface area contributed by atoms with Crippen molar-refractivity contribution in [2.24, 2.45) is 11.5 Å². The summed E-state index contributed by atoms with van der Waals surface area (Å²) < 4.78 is 0. The second-order valence-corrected chi connectivity index (χ2v) is 10.4. The van der Waals surface area contributed by atoms with Crippen LogP contribution in [0.3, 0.4) is 0 Å². The van der Waals surface area contributed by atoms with Crippen LogP contribution in [0.5, 0.6) is 0 Å². The molecular weight excluding hydrogens is 528 g/mol. The predicted octanol–water partition coefficient (Wildman–Crippen LogP) is 0.178. The van der Waals surface area contributed by atoms with Crippen molar-refractivity contribution in [2.75, 3.05) is 13.1 Å². The van der Waals surface area contributed by atoms with Crippen molar-refractivity contribution in [1.29, 1.82) is 0 Å². The smallest absolute Gasteiger partial charge is 0.326 e. The Labute approximate surface area is 237 Å². The van der Waals surface area contributed by atoms with Crippen molar-refractivity contribution in [2.45, 2.75) is 69.1 Å². The highest BCUT2D eigenvalue weighted by Crippen LogP contribution is 2.22. The van der Waals surface area contributed by atoms with Gasteiger partial charge in [0.25, 0.3) is 0 Å². The molecule has 1 aromatic carbocycles. The van der Waals surface area contributed by atoms with Gasteiger partial charge in [0.2, 0.25) is 17.7 Å². The normalized spacial score (nSPS) is 17.2. The number of rotatable bonds is 14. The Hall–Kier alpha value is -4.23. The number of benzene rings is 1. The van der Waals surface area contributed by atoms with Gasteiger partial charge in [0.1, 0.15) is 18.1 Å². The lowest BCUT2D eigenvalue weighted by atomic mass is 10.0. The molecule has 4 unspecified atom stereocenters. The van der Waals surface area contributed by atoms with Crippen molar-refractivity contribution in [3.63, 3.8) is 0 Å². The van der Waals surface area contributed by atoms with Crippen molar-refractivity contribution >= 4 is 34.6 Å². The number of H-pyrrole nitrogens is 2. The van der Waals surface area contributed by atoms with Crippen LogP contribution in [-0.2, 0) is 32.0 Å². The quantitative estimate of drug-likeness (QED) is 0.133. The van der Waals surface area contributed by atoms with Gasteiger partial charge in [-0.2, -0.15) is 0 Å². The second-order valence-electron chi connectivity index (χ2n) is 10.4. The fourth-order valence-electron chi connectivity index (χ4n) is 5.26. The van der Waals surface area contributed by atoms with Gasteiger partial charge in [-0.25, -0.2) is 9.78 Å². The first-order valence-electron chi connectivity index (χ1n) is 13.9. The number of aromatic amines is 2. The van der Waals surface area contributed by atoms with Crippen LogP contribution in [0.4, 0.5) is 0 Å². The molecule has 3 heterocycles. The van der Waals surface area contributed by atoms with E-state index in [9.17, 15) is 24.3 Å². The number of nitrogens with two attached hydrogens (primary N) is 2. The van der Waals surface area contributed by atoms with Crippen LogP contribution in [0, 0.1) is 0 Å². The predicted molar refractivity (Wildman–Crippen MR) is 151 cm³/mol. The Bertz CT molecular complexity index is 1340. The Kier molecular flexibility index (Phi) is 10.1. The van der Waals surface area contributed by atoms with Gasteiger partial charge in [-0.05, 0) is 56.7 Å². The molecule has 4 rings (SSSR count). The number of carboxylic acid groups (broad SMARTS) is 1. The van der Waals surface area contributed by atoms with Gasteiger partial charge in [-0.3, -0.25) is 14.4 Å². The van der Waals surface area contributed by atoms with Gasteiger partial charge in [-0.15, -0.1) is 0 Å². The van der Waals surface area contributed by atoms with E-state index in [1.54, 1.807) is 0 Å². The molecule has 9 N–H and O–H groups in total. The lowest BCUT2D eigenvalue weighted by Crippen LogP contribution is -2.57. The molecule has 4 atom stereocenters. The number of nitrogens with one attached hydrogen (secondary N) is 4. The molecule has 41 heavy (non-hydrogen) atoms. The first-order valence-corrected chi connectivity index (χ1v) is 13.9. The van der Waals surface area contributed by atoms with E-state index in [-0.39, 0.29) is 18.7 Å². The molecule has 0 bridgehead atoms. The molecule has 13 heteroatoms. The summed E-state index contributed by atoms with van der Waals surface area (Å²) in [6.45, 7) is 0.791. The highest BCUT2D eigenvalue weighted by Gasteiger charge is 2.38. The van der Waals surface area contributed by atoms with Crippen molar-refractivity contribution in [3.05, 3.63) is 54.2 Å². The van der Waals surface area contributed by atoms with Crippen LogP contribution < -0.4 is 22.1 Å². The summed E-state index contributed by atoms with van der Waals surface area (Å²) in [6.07, 6.45) is 7.59. The van der Waals surface area contributed by atoms with Crippen LogP contribution in [0.1, 0.15) is 43.4 Å². The number of hydrogen-bond donors (Lipinski definition) is 7. The van der Waals surface area contributed by atoms with Gasteiger partial charge in [0.15, 0.2) is 0 Å². The average molecular weight is 567 g/mol. The third-order valence-electron chi connectivity index (χ3n) is 7.44. The van der Waals surface area contributed by atoms with Gasteiger partial charge in [0.05, 0.1) is 12.4 Å². The number of likely N-dealkylation sites (tertiary alicyclic amines) is 1. The Morgan fingerprint density at radius 2 is 1.90 bits per heavy atom. The summed E-state index contributed by atoms with van der Waals surface area (Å²) in [5.41, 5.74) is 14.3. The summed E-state index contributed by atoms with van der Waals surface area (Å²) in [5.74, 6) is -2.64. The molecule has 1 aliphatic rings. The Morgan fingerprint density at radius 3 is 2.63 bits per heavy atom. The maximum Gasteiger partial charge on any atom is 0.326 e. The molecule has 3 amide bonds. The summed E-state index contributed by atoms with van der Waals surface area (Å²) >= 11 is 0. The minimum absolute atomic E-state index is 0.0630. The fraction of sp³-hybridized carbons (Fsp3) is 0.464. The summed E-state index contributed by atoms with van der Waals surface area (Å²) in [4.78, 5) is 63.4. The maximum absolute atomic E-state index is 13.5. The number of hydrogen-bond acceptors (Lipinski definition) is 7. The van der Waals surface area contributed by atoms with E-state index in [1.807, 2.05) is 30.5 Å². The van der Waals surface area contributed by atoms with Crippen LogP contribution in [0.15, 0.2) is 43.0 Å². The third-order valence-corrected chi connectivity index (χ3v) is 7.44. The highest BCUT2D eigenvalue weighted by molar-refractivity contribution is 5.95. The van der Waals surface area contributed by atoms with Gasteiger partial charge in [0, 0.05) is 42.0 Å². The summed E-state index contributed by atoms with van der Waals surface area (Å²) in [5, 5.41) is 15.9. The monoisotopic (exact) mass is 566 g/mol. The number of carbonyl (C=O) groups is 4. The lowest BCUT2D eigenvalue weighted by Gasteiger charge is -2.28. The average Bonchev–Trinajstić information content (AvgIpc) is 3.73. The topological polar surface area (TPSA) is 212 Å². The first-order chi connectivity index (χ1) is 19.8. The number of para-hydroxylation sites is 1. The molecule has 0 spiro atoms. The van der Waals surface area contributed by atoms with E-state index in [0.717, 1.165) is 16.5 Å². The lowest BCUT2D eigenvalue weighted by molar-refractivity contribution is -0.143. The van der Waals surface area contributed by atoms with Crippen molar-refractivity contribution in [3.8, 4) is 0 Å². The number of unbranched alkanes of at least 4 members (excludes halogenated alkanes) is 1. The van der Waals surface area contributed by atoms with E-state index in [2.05, 4.69) is 25.6 Å². The number of aromatic nitrogens is 3. The van der Waals surface area contributed by atoms with E-state index >= 15 is 0 Å². The number of fused-ring (bicyclic) bond motifs is 1. The minimum atomic E-state index is -1.17. The SMILES string of the molecule is NCCCCC(NC(=O)C(Cc1cnc[nH]1)NC(=O)C1CCCN1C(=O)C(N)Cc1c[nH]c2ccccc12)C(=O)O. The van der Waals surface area contributed by atoms with Gasteiger partial charge >= 0.3 is 5.97 Å². The van der Waals surface area contributed by atoms with E-state index in [4.69, 9.17) is 11.5 Å².